The first-order chi connectivity index (χ1) is 10.2. The van der Waals surface area contributed by atoms with Gasteiger partial charge in [0.05, 0.1) is 18.8 Å². The molecule has 0 aromatic rings. The minimum Gasteiger partial charge on any atom is -0.477 e. The van der Waals surface area contributed by atoms with Crippen LogP contribution in [0.5, 0.6) is 0 Å². The van der Waals surface area contributed by atoms with Gasteiger partial charge in [-0.25, -0.2) is 4.79 Å². The van der Waals surface area contributed by atoms with Gasteiger partial charge in [0.1, 0.15) is 18.3 Å². The van der Waals surface area contributed by atoms with Crippen molar-refractivity contribution >= 4 is 11.9 Å². The number of rotatable bonds is 6. The summed E-state index contributed by atoms with van der Waals surface area (Å²) in [5.74, 6) is -4.33. The second-order valence-electron chi connectivity index (χ2n) is 5.08. The fourth-order valence-corrected chi connectivity index (χ4v) is 2.34. The lowest BCUT2D eigenvalue weighted by Gasteiger charge is -2.46. The largest absolute Gasteiger partial charge is 0.477 e. The van der Waals surface area contributed by atoms with Crippen molar-refractivity contribution in [2.75, 3.05) is 13.7 Å². The van der Waals surface area contributed by atoms with Gasteiger partial charge in [0.15, 0.2) is 0 Å². The van der Waals surface area contributed by atoms with Crippen molar-refractivity contribution in [1.82, 2.24) is 5.32 Å². The number of carboxylic acids is 1. The van der Waals surface area contributed by atoms with Crippen molar-refractivity contribution in [1.29, 1.82) is 0 Å². The van der Waals surface area contributed by atoms with Crippen molar-refractivity contribution in [3.05, 3.63) is 0 Å². The number of carbonyl (C=O) groups is 2. The van der Waals surface area contributed by atoms with E-state index in [1.54, 1.807) is 0 Å². The maximum Gasteiger partial charge on any atom is 0.364 e. The summed E-state index contributed by atoms with van der Waals surface area (Å²) >= 11 is 0. The second-order valence-corrected chi connectivity index (χ2v) is 5.08. The molecule has 6 N–H and O–H groups in total. The summed E-state index contributed by atoms with van der Waals surface area (Å²) < 4.78 is 10.0. The Balaban J connectivity index is 3.14. The molecule has 1 aliphatic heterocycles. The summed E-state index contributed by atoms with van der Waals surface area (Å²) in [7, 11) is 1.05. The van der Waals surface area contributed by atoms with Crippen LogP contribution in [0.25, 0.3) is 0 Å². The zero-order chi connectivity index (χ0) is 17.1. The van der Waals surface area contributed by atoms with E-state index in [0.29, 0.717) is 0 Å². The molecule has 0 radical (unpaired) electrons. The van der Waals surface area contributed by atoms with Gasteiger partial charge in [0.2, 0.25) is 5.91 Å². The molecule has 0 aliphatic carbocycles. The molecule has 0 aromatic carbocycles. The molecule has 0 unspecified atom stereocenters. The molecule has 0 saturated carbocycles. The van der Waals surface area contributed by atoms with Crippen molar-refractivity contribution in [3.8, 4) is 0 Å². The third-order valence-electron chi connectivity index (χ3n) is 3.52. The number of nitrogens with one attached hydrogen (secondary N) is 1. The number of aliphatic hydroxyl groups excluding tert-OH is 4. The highest BCUT2D eigenvalue weighted by molar-refractivity contribution is 5.76. The first-order valence-corrected chi connectivity index (χ1v) is 6.57. The normalized spacial score (nSPS) is 34.7. The number of amides is 1. The van der Waals surface area contributed by atoms with Gasteiger partial charge in [0, 0.05) is 20.5 Å². The van der Waals surface area contributed by atoms with E-state index in [1.165, 1.54) is 0 Å². The molecule has 10 heteroatoms. The third-order valence-corrected chi connectivity index (χ3v) is 3.52. The molecule has 1 saturated heterocycles. The molecule has 10 nitrogen and oxygen atoms in total. The maximum atomic E-state index is 11.3. The Bertz CT molecular complexity index is 417. The number of hydrogen-bond donors (Lipinski definition) is 6. The van der Waals surface area contributed by atoms with Gasteiger partial charge in [-0.1, -0.05) is 0 Å². The monoisotopic (exact) mass is 323 g/mol. The Morgan fingerprint density at radius 2 is 2.05 bits per heavy atom. The van der Waals surface area contributed by atoms with E-state index in [-0.39, 0.29) is 0 Å². The number of aliphatic hydroxyl groups is 4. The van der Waals surface area contributed by atoms with E-state index < -0.39 is 61.1 Å². The summed E-state index contributed by atoms with van der Waals surface area (Å²) in [5.41, 5.74) is 0. The van der Waals surface area contributed by atoms with Crippen LogP contribution in [0, 0.1) is 0 Å². The molecular formula is C12H21NO9. The quantitative estimate of drug-likeness (QED) is 0.295. The van der Waals surface area contributed by atoms with Crippen LogP contribution in [0.4, 0.5) is 0 Å². The number of aliphatic carboxylic acids is 1. The number of hydrogen-bond acceptors (Lipinski definition) is 8. The molecule has 0 aromatic heterocycles. The van der Waals surface area contributed by atoms with E-state index >= 15 is 0 Å². The van der Waals surface area contributed by atoms with E-state index in [2.05, 4.69) is 5.32 Å². The summed E-state index contributed by atoms with van der Waals surface area (Å²) in [6, 6.07) is -1.18. The highest BCUT2D eigenvalue weighted by atomic mass is 16.7. The molecule has 6 atom stereocenters. The van der Waals surface area contributed by atoms with Crippen LogP contribution in [-0.2, 0) is 19.1 Å². The predicted octanol–water partition coefficient (Wildman–Crippen LogP) is -3.22. The Morgan fingerprint density at radius 3 is 2.45 bits per heavy atom. The third kappa shape index (κ3) is 3.72. The van der Waals surface area contributed by atoms with Gasteiger partial charge < -0.3 is 40.3 Å². The van der Waals surface area contributed by atoms with Gasteiger partial charge in [-0.3, -0.25) is 4.79 Å². The predicted molar refractivity (Wildman–Crippen MR) is 69.6 cm³/mol. The van der Waals surface area contributed by atoms with Crippen molar-refractivity contribution in [2.24, 2.45) is 0 Å². The highest BCUT2D eigenvalue weighted by Gasteiger charge is 2.55. The lowest BCUT2D eigenvalue weighted by molar-refractivity contribution is -0.303. The van der Waals surface area contributed by atoms with Crippen molar-refractivity contribution < 1.29 is 44.6 Å². The molecule has 1 amide bonds. The van der Waals surface area contributed by atoms with E-state index in [1.807, 2.05) is 0 Å². The van der Waals surface area contributed by atoms with E-state index in [0.717, 1.165) is 14.0 Å². The number of carbonyl (C=O) groups excluding carboxylic acids is 1. The SMILES string of the molecule is CO[C@@]1(C(=O)O)C[C@@H](O)[C@@H](NC(C)=O)[C@H]([C@H](O)[C@H](O)CO)O1. The zero-order valence-electron chi connectivity index (χ0n) is 12.2. The lowest BCUT2D eigenvalue weighted by Crippen LogP contribution is -2.67. The van der Waals surface area contributed by atoms with Crippen molar-refractivity contribution in [2.45, 2.75) is 49.6 Å². The Labute approximate surface area is 126 Å². The maximum absolute atomic E-state index is 11.3. The molecule has 1 rings (SSSR count). The number of ether oxygens (including phenoxy) is 2. The molecule has 128 valence electrons. The molecule has 1 aliphatic rings. The Hall–Kier alpha value is -1.30. The van der Waals surface area contributed by atoms with E-state index in [9.17, 15) is 30.0 Å². The average molecular weight is 323 g/mol. The van der Waals surface area contributed by atoms with E-state index in [4.69, 9.17) is 14.6 Å². The molecule has 22 heavy (non-hydrogen) atoms. The fraction of sp³-hybridized carbons (Fsp3) is 0.833. The fourth-order valence-electron chi connectivity index (χ4n) is 2.34. The van der Waals surface area contributed by atoms with Crippen LogP contribution in [-0.4, -0.2) is 87.4 Å². The molecule has 1 heterocycles. The molecule has 0 spiro atoms. The van der Waals surface area contributed by atoms with Crippen LogP contribution in [0.1, 0.15) is 13.3 Å². The zero-order valence-corrected chi connectivity index (χ0v) is 12.2. The minimum atomic E-state index is -2.24. The van der Waals surface area contributed by atoms with Crippen LogP contribution in [0.3, 0.4) is 0 Å². The van der Waals surface area contributed by atoms with Gasteiger partial charge in [-0.05, 0) is 0 Å². The first-order valence-electron chi connectivity index (χ1n) is 6.57. The summed E-state index contributed by atoms with van der Waals surface area (Å²) in [4.78, 5) is 22.6. The summed E-state index contributed by atoms with van der Waals surface area (Å²) in [5, 5.41) is 50.1. The number of methoxy groups -OCH3 is 1. The van der Waals surface area contributed by atoms with Gasteiger partial charge in [0.25, 0.3) is 5.79 Å². The Morgan fingerprint density at radius 1 is 1.45 bits per heavy atom. The van der Waals surface area contributed by atoms with Gasteiger partial charge in [-0.15, -0.1) is 0 Å². The average Bonchev–Trinajstić information content (AvgIpc) is 2.46. The van der Waals surface area contributed by atoms with Crippen molar-refractivity contribution in [3.63, 3.8) is 0 Å². The Kier molecular flexibility index (Phi) is 6.23. The summed E-state index contributed by atoms with van der Waals surface area (Å²) in [6.07, 6.45) is -6.84. The first kappa shape index (κ1) is 18.7. The van der Waals surface area contributed by atoms with Gasteiger partial charge >= 0.3 is 5.97 Å². The van der Waals surface area contributed by atoms with Gasteiger partial charge in [-0.2, -0.15) is 0 Å². The highest BCUT2D eigenvalue weighted by Crippen LogP contribution is 2.32. The molecule has 1 fully saturated rings. The molecular weight excluding hydrogens is 302 g/mol. The van der Waals surface area contributed by atoms with Crippen LogP contribution < -0.4 is 5.32 Å². The smallest absolute Gasteiger partial charge is 0.364 e. The summed E-state index contributed by atoms with van der Waals surface area (Å²) in [6.45, 7) is 0.338. The topological polar surface area (TPSA) is 166 Å². The number of carboxylic acid groups (broad SMARTS) is 1. The van der Waals surface area contributed by atoms with Crippen LogP contribution >= 0.6 is 0 Å². The lowest BCUT2D eigenvalue weighted by atomic mass is 9.88. The second kappa shape index (κ2) is 7.31. The van der Waals surface area contributed by atoms with Crippen LogP contribution in [0.15, 0.2) is 0 Å². The van der Waals surface area contributed by atoms with Crippen LogP contribution in [0.2, 0.25) is 0 Å². The minimum absolute atomic E-state index is 0.498. The molecule has 0 bridgehead atoms. The standard InChI is InChI=1S/C12H21NO9/c1-5(15)13-8-6(16)3-12(21-2,11(19)20)22-10(8)9(18)7(17)4-14/h6-10,14,16-18H,3-4H2,1-2H3,(H,13,15)(H,19,20)/t6-,7-,8-,9-,10-,12+/m1/s1.